The molecule has 0 radical (unpaired) electrons. The molecule has 1 aromatic heterocycles. The van der Waals surface area contributed by atoms with Crippen LogP contribution in [-0.4, -0.2) is 45.5 Å². The molecule has 0 spiro atoms. The van der Waals surface area contributed by atoms with Gasteiger partial charge in [0.05, 0.1) is 12.4 Å². The van der Waals surface area contributed by atoms with E-state index in [-0.39, 0.29) is 18.0 Å². The van der Waals surface area contributed by atoms with Crippen molar-refractivity contribution in [2.24, 2.45) is 0 Å². The first-order valence-electron chi connectivity index (χ1n) is 7.22. The zero-order valence-electron chi connectivity index (χ0n) is 11.9. The SMILES string of the molecule is CCCNC1CCCN(C(C)Cn2ccnc2)C1=O. The van der Waals surface area contributed by atoms with E-state index in [9.17, 15) is 4.79 Å². The molecule has 2 unspecified atom stereocenters. The maximum Gasteiger partial charge on any atom is 0.240 e. The minimum absolute atomic E-state index is 0.0129. The molecule has 1 aliphatic heterocycles. The molecule has 106 valence electrons. The van der Waals surface area contributed by atoms with Crippen LogP contribution in [0, 0.1) is 0 Å². The van der Waals surface area contributed by atoms with E-state index in [1.54, 1.807) is 12.5 Å². The fourth-order valence-corrected chi connectivity index (χ4v) is 2.64. The van der Waals surface area contributed by atoms with Gasteiger partial charge < -0.3 is 14.8 Å². The quantitative estimate of drug-likeness (QED) is 0.841. The summed E-state index contributed by atoms with van der Waals surface area (Å²) in [5, 5.41) is 3.35. The Morgan fingerprint density at radius 2 is 2.42 bits per heavy atom. The lowest BCUT2D eigenvalue weighted by molar-refractivity contribution is -0.138. The number of aromatic nitrogens is 2. The molecular formula is C14H24N4O. The average molecular weight is 264 g/mol. The maximum atomic E-state index is 12.4. The van der Waals surface area contributed by atoms with Gasteiger partial charge in [0.25, 0.3) is 0 Å². The van der Waals surface area contributed by atoms with Crippen molar-refractivity contribution in [2.75, 3.05) is 13.1 Å². The van der Waals surface area contributed by atoms with Gasteiger partial charge in [-0.25, -0.2) is 4.98 Å². The van der Waals surface area contributed by atoms with Gasteiger partial charge in [-0.3, -0.25) is 4.79 Å². The Morgan fingerprint density at radius 1 is 1.58 bits per heavy atom. The summed E-state index contributed by atoms with van der Waals surface area (Å²) in [5.74, 6) is 0.257. The van der Waals surface area contributed by atoms with Crippen molar-refractivity contribution in [3.8, 4) is 0 Å². The predicted octanol–water partition coefficient (Wildman–Crippen LogP) is 1.26. The summed E-state index contributed by atoms with van der Waals surface area (Å²) < 4.78 is 2.03. The molecule has 0 saturated carbocycles. The first kappa shape index (κ1) is 14.1. The van der Waals surface area contributed by atoms with Crippen molar-refractivity contribution in [2.45, 2.75) is 51.7 Å². The Labute approximate surface area is 115 Å². The third-order valence-corrected chi connectivity index (χ3v) is 3.68. The van der Waals surface area contributed by atoms with Crippen LogP contribution in [0.3, 0.4) is 0 Å². The molecular weight excluding hydrogens is 240 g/mol. The van der Waals surface area contributed by atoms with Crippen molar-refractivity contribution in [1.29, 1.82) is 0 Å². The first-order valence-corrected chi connectivity index (χ1v) is 7.22. The monoisotopic (exact) mass is 264 g/mol. The third kappa shape index (κ3) is 3.56. The van der Waals surface area contributed by atoms with Crippen LogP contribution < -0.4 is 5.32 Å². The lowest BCUT2D eigenvalue weighted by Crippen LogP contribution is -2.54. The maximum absolute atomic E-state index is 12.4. The van der Waals surface area contributed by atoms with E-state index in [1.165, 1.54) is 0 Å². The standard InChI is InChI=1S/C14H24N4O/c1-3-6-16-13-5-4-8-18(14(13)19)12(2)10-17-9-7-15-11-17/h7,9,11-13,16H,3-6,8,10H2,1-2H3. The van der Waals surface area contributed by atoms with Crippen LogP contribution in [0.4, 0.5) is 0 Å². The van der Waals surface area contributed by atoms with Crippen molar-refractivity contribution < 1.29 is 4.79 Å². The van der Waals surface area contributed by atoms with Gasteiger partial charge in [-0.2, -0.15) is 0 Å². The molecule has 1 N–H and O–H groups in total. The second-order valence-corrected chi connectivity index (χ2v) is 5.29. The normalized spacial score (nSPS) is 21.7. The van der Waals surface area contributed by atoms with Crippen LogP contribution in [-0.2, 0) is 11.3 Å². The summed E-state index contributed by atoms with van der Waals surface area (Å²) in [5.41, 5.74) is 0. The Kier molecular flexibility index (Phi) is 4.96. The molecule has 5 nitrogen and oxygen atoms in total. The van der Waals surface area contributed by atoms with E-state index in [0.717, 1.165) is 38.9 Å². The Hall–Kier alpha value is -1.36. The number of nitrogens with zero attached hydrogens (tertiary/aromatic N) is 3. The fraction of sp³-hybridized carbons (Fsp3) is 0.714. The molecule has 2 heterocycles. The van der Waals surface area contributed by atoms with E-state index in [4.69, 9.17) is 0 Å². The summed E-state index contributed by atoms with van der Waals surface area (Å²) in [7, 11) is 0. The zero-order chi connectivity index (χ0) is 13.7. The highest BCUT2D eigenvalue weighted by Gasteiger charge is 2.30. The van der Waals surface area contributed by atoms with Gasteiger partial charge in [-0.1, -0.05) is 6.92 Å². The molecule has 0 bridgehead atoms. The number of hydrogen-bond donors (Lipinski definition) is 1. The third-order valence-electron chi connectivity index (χ3n) is 3.68. The van der Waals surface area contributed by atoms with E-state index in [1.807, 2.05) is 15.7 Å². The smallest absolute Gasteiger partial charge is 0.240 e. The number of carbonyl (C=O) groups is 1. The van der Waals surface area contributed by atoms with Gasteiger partial charge in [0, 0.05) is 31.5 Å². The lowest BCUT2D eigenvalue weighted by atomic mass is 10.0. The average Bonchev–Trinajstić information content (AvgIpc) is 2.90. The second-order valence-electron chi connectivity index (χ2n) is 5.29. The largest absolute Gasteiger partial charge is 0.337 e. The van der Waals surface area contributed by atoms with E-state index >= 15 is 0 Å². The molecule has 2 rings (SSSR count). The van der Waals surface area contributed by atoms with Crippen LogP contribution in [0.5, 0.6) is 0 Å². The minimum Gasteiger partial charge on any atom is -0.337 e. The van der Waals surface area contributed by atoms with E-state index in [2.05, 4.69) is 24.1 Å². The highest BCUT2D eigenvalue weighted by molar-refractivity contribution is 5.82. The number of hydrogen-bond acceptors (Lipinski definition) is 3. The molecule has 19 heavy (non-hydrogen) atoms. The van der Waals surface area contributed by atoms with Crippen LogP contribution in [0.25, 0.3) is 0 Å². The Bertz CT molecular complexity index is 390. The number of piperidine rings is 1. The summed E-state index contributed by atoms with van der Waals surface area (Å²) in [6.45, 7) is 6.84. The number of nitrogens with one attached hydrogen (secondary N) is 1. The molecule has 1 fully saturated rings. The number of amides is 1. The minimum atomic E-state index is 0.0129. The molecule has 0 aromatic carbocycles. The second kappa shape index (κ2) is 6.70. The lowest BCUT2D eigenvalue weighted by Gasteiger charge is -2.37. The van der Waals surface area contributed by atoms with Gasteiger partial charge in [0.2, 0.25) is 5.91 Å². The molecule has 1 saturated heterocycles. The molecule has 1 amide bonds. The summed E-state index contributed by atoms with van der Waals surface area (Å²) in [4.78, 5) is 18.5. The van der Waals surface area contributed by atoms with E-state index < -0.39 is 0 Å². The molecule has 2 atom stereocenters. The zero-order valence-corrected chi connectivity index (χ0v) is 11.9. The highest BCUT2D eigenvalue weighted by atomic mass is 16.2. The van der Waals surface area contributed by atoms with Crippen LogP contribution in [0.1, 0.15) is 33.1 Å². The first-order chi connectivity index (χ1) is 9.22. The number of imidazole rings is 1. The van der Waals surface area contributed by atoms with Crippen molar-refractivity contribution in [3.63, 3.8) is 0 Å². The molecule has 0 aliphatic carbocycles. The number of carbonyl (C=O) groups excluding carboxylic acids is 1. The molecule has 1 aliphatic rings. The van der Waals surface area contributed by atoms with Crippen molar-refractivity contribution >= 4 is 5.91 Å². The predicted molar refractivity (Wildman–Crippen MR) is 74.7 cm³/mol. The van der Waals surface area contributed by atoms with Gasteiger partial charge in [-0.15, -0.1) is 0 Å². The van der Waals surface area contributed by atoms with Gasteiger partial charge in [-0.05, 0) is 32.7 Å². The Balaban J connectivity index is 1.92. The Morgan fingerprint density at radius 3 is 3.11 bits per heavy atom. The number of rotatable bonds is 6. The van der Waals surface area contributed by atoms with Crippen LogP contribution in [0.2, 0.25) is 0 Å². The topological polar surface area (TPSA) is 50.2 Å². The van der Waals surface area contributed by atoms with Gasteiger partial charge in [0.15, 0.2) is 0 Å². The fourth-order valence-electron chi connectivity index (χ4n) is 2.64. The van der Waals surface area contributed by atoms with Crippen LogP contribution in [0.15, 0.2) is 18.7 Å². The highest BCUT2D eigenvalue weighted by Crippen LogP contribution is 2.15. The van der Waals surface area contributed by atoms with Crippen molar-refractivity contribution in [1.82, 2.24) is 19.8 Å². The number of likely N-dealkylation sites (tertiary alicyclic amines) is 1. The van der Waals surface area contributed by atoms with Crippen LogP contribution >= 0.6 is 0 Å². The summed E-state index contributed by atoms with van der Waals surface area (Å²) >= 11 is 0. The summed E-state index contributed by atoms with van der Waals surface area (Å²) in [6.07, 6.45) is 8.63. The summed E-state index contributed by atoms with van der Waals surface area (Å²) in [6, 6.07) is 0.229. The van der Waals surface area contributed by atoms with Gasteiger partial charge >= 0.3 is 0 Å². The van der Waals surface area contributed by atoms with E-state index in [0.29, 0.717) is 0 Å². The molecule has 1 aromatic rings. The van der Waals surface area contributed by atoms with Crippen molar-refractivity contribution in [3.05, 3.63) is 18.7 Å². The molecule has 5 heteroatoms. The van der Waals surface area contributed by atoms with Gasteiger partial charge in [0.1, 0.15) is 0 Å².